The lowest BCUT2D eigenvalue weighted by Gasteiger charge is -2.33. The number of hydrogen-bond acceptors (Lipinski definition) is 8. The average molecular weight is 355 g/mol. The Balaban J connectivity index is 1.36. The molecule has 0 aromatic carbocycles. The van der Waals surface area contributed by atoms with Crippen molar-refractivity contribution in [1.82, 2.24) is 20.2 Å². The molecule has 0 atom stereocenters. The smallest absolute Gasteiger partial charge is 0.151 e. The maximum atomic E-state index is 5.54. The summed E-state index contributed by atoms with van der Waals surface area (Å²) in [7, 11) is 3.96. The molecule has 8 nitrogen and oxygen atoms in total. The number of fused-ring (bicyclic) bond motifs is 1. The van der Waals surface area contributed by atoms with Gasteiger partial charge < -0.3 is 19.9 Å². The molecule has 0 saturated carbocycles. The number of piperidine rings is 1. The zero-order valence-electron chi connectivity index (χ0n) is 15.4. The molecule has 138 valence electrons. The van der Waals surface area contributed by atoms with Gasteiger partial charge in [0.05, 0.1) is 18.9 Å². The summed E-state index contributed by atoms with van der Waals surface area (Å²) in [4.78, 5) is 12.9. The Labute approximate surface area is 153 Å². The summed E-state index contributed by atoms with van der Waals surface area (Å²) in [5.74, 6) is 2.75. The molecular formula is C18H25N7O. The lowest BCUT2D eigenvalue weighted by atomic mass is 10.0. The van der Waals surface area contributed by atoms with Crippen LogP contribution in [0.25, 0.3) is 0 Å². The van der Waals surface area contributed by atoms with Gasteiger partial charge >= 0.3 is 0 Å². The summed E-state index contributed by atoms with van der Waals surface area (Å²) < 4.78 is 5.54. The number of nitrogens with one attached hydrogen (secondary N) is 1. The Kier molecular flexibility index (Phi) is 4.83. The van der Waals surface area contributed by atoms with Crippen molar-refractivity contribution in [2.24, 2.45) is 0 Å². The molecule has 0 spiro atoms. The van der Waals surface area contributed by atoms with Crippen molar-refractivity contribution in [3.8, 4) is 0 Å². The van der Waals surface area contributed by atoms with Gasteiger partial charge in [0.1, 0.15) is 18.0 Å². The van der Waals surface area contributed by atoms with Crippen molar-refractivity contribution in [3.63, 3.8) is 0 Å². The molecule has 0 unspecified atom stereocenters. The van der Waals surface area contributed by atoms with E-state index < -0.39 is 0 Å². The quantitative estimate of drug-likeness (QED) is 0.884. The van der Waals surface area contributed by atoms with Crippen LogP contribution in [0.5, 0.6) is 0 Å². The zero-order valence-corrected chi connectivity index (χ0v) is 15.4. The summed E-state index contributed by atoms with van der Waals surface area (Å²) in [6, 6.07) is 4.54. The van der Waals surface area contributed by atoms with E-state index in [-0.39, 0.29) is 0 Å². The lowest BCUT2D eigenvalue weighted by Crippen LogP contribution is -2.40. The zero-order chi connectivity index (χ0) is 17.9. The summed E-state index contributed by atoms with van der Waals surface area (Å²) in [5, 5.41) is 12.4. The summed E-state index contributed by atoms with van der Waals surface area (Å²) >= 11 is 0. The average Bonchev–Trinajstić information content (AvgIpc) is 2.68. The van der Waals surface area contributed by atoms with Crippen LogP contribution in [-0.4, -0.2) is 60.0 Å². The standard InChI is InChI=1S/C18H25N7O/c1-24(2)17-10-16(19-12-20-17)21-14-3-6-25(7-4-14)18-9-13-11-26-8-5-15(13)22-23-18/h9-10,12,14H,3-8,11H2,1-2H3,(H,19,20,21). The van der Waals surface area contributed by atoms with E-state index in [2.05, 4.69) is 36.4 Å². The van der Waals surface area contributed by atoms with E-state index in [1.54, 1.807) is 6.33 Å². The van der Waals surface area contributed by atoms with Crippen LogP contribution in [0.3, 0.4) is 0 Å². The predicted octanol–water partition coefficient (Wildman–Crippen LogP) is 1.49. The molecule has 1 fully saturated rings. The van der Waals surface area contributed by atoms with E-state index in [0.717, 1.165) is 62.1 Å². The Bertz CT molecular complexity index is 759. The predicted molar refractivity (Wildman–Crippen MR) is 101 cm³/mol. The molecule has 0 radical (unpaired) electrons. The second-order valence-electron chi connectivity index (χ2n) is 7.04. The first-order valence-electron chi connectivity index (χ1n) is 9.13. The second kappa shape index (κ2) is 7.41. The summed E-state index contributed by atoms with van der Waals surface area (Å²) in [6.07, 6.45) is 4.55. The molecule has 2 aromatic rings. The molecule has 4 heterocycles. The van der Waals surface area contributed by atoms with Crippen molar-refractivity contribution >= 4 is 17.5 Å². The first-order chi connectivity index (χ1) is 12.7. The molecule has 1 N–H and O–H groups in total. The van der Waals surface area contributed by atoms with Gasteiger partial charge in [0.2, 0.25) is 0 Å². The number of hydrogen-bond donors (Lipinski definition) is 1. The molecule has 0 aliphatic carbocycles. The van der Waals surface area contributed by atoms with Gasteiger partial charge in [-0.2, -0.15) is 5.10 Å². The maximum absolute atomic E-state index is 5.54. The molecule has 2 aliphatic rings. The minimum absolute atomic E-state index is 0.407. The molecule has 2 aliphatic heterocycles. The Morgan fingerprint density at radius 3 is 2.81 bits per heavy atom. The van der Waals surface area contributed by atoms with E-state index in [1.807, 2.05) is 25.1 Å². The van der Waals surface area contributed by atoms with Crippen molar-refractivity contribution in [3.05, 3.63) is 29.7 Å². The normalized spacial score (nSPS) is 17.7. The minimum Gasteiger partial charge on any atom is -0.376 e. The van der Waals surface area contributed by atoms with Crippen molar-refractivity contribution < 1.29 is 4.74 Å². The van der Waals surface area contributed by atoms with Crippen molar-refractivity contribution in [1.29, 1.82) is 0 Å². The van der Waals surface area contributed by atoms with Crippen molar-refractivity contribution in [2.75, 3.05) is 48.9 Å². The fourth-order valence-electron chi connectivity index (χ4n) is 3.42. The molecule has 4 rings (SSSR count). The number of ether oxygens (including phenoxy) is 1. The van der Waals surface area contributed by atoms with Gasteiger partial charge in [-0.3, -0.25) is 0 Å². The van der Waals surface area contributed by atoms with Gasteiger partial charge in [0.25, 0.3) is 0 Å². The molecule has 0 amide bonds. The van der Waals surface area contributed by atoms with Crippen molar-refractivity contribution in [2.45, 2.75) is 31.9 Å². The monoisotopic (exact) mass is 355 g/mol. The van der Waals surface area contributed by atoms with Gasteiger partial charge in [-0.05, 0) is 18.9 Å². The first kappa shape index (κ1) is 17.0. The van der Waals surface area contributed by atoms with Crippen LogP contribution in [0.1, 0.15) is 24.1 Å². The fraction of sp³-hybridized carbons (Fsp3) is 0.556. The highest BCUT2D eigenvalue weighted by Gasteiger charge is 2.22. The minimum atomic E-state index is 0.407. The Morgan fingerprint density at radius 2 is 2.00 bits per heavy atom. The highest BCUT2D eigenvalue weighted by atomic mass is 16.5. The topological polar surface area (TPSA) is 79.3 Å². The lowest BCUT2D eigenvalue weighted by molar-refractivity contribution is 0.109. The number of nitrogens with zero attached hydrogens (tertiary/aromatic N) is 6. The highest BCUT2D eigenvalue weighted by Crippen LogP contribution is 2.23. The van der Waals surface area contributed by atoms with Crippen LogP contribution in [0, 0.1) is 0 Å². The summed E-state index contributed by atoms with van der Waals surface area (Å²) in [5.41, 5.74) is 2.26. The SMILES string of the molecule is CN(C)c1cc(NC2CCN(c3cc4c(nn3)CCOC4)CC2)ncn1. The van der Waals surface area contributed by atoms with Crippen LogP contribution >= 0.6 is 0 Å². The second-order valence-corrected chi connectivity index (χ2v) is 7.04. The van der Waals surface area contributed by atoms with Crippen LogP contribution in [0.2, 0.25) is 0 Å². The van der Waals surface area contributed by atoms with E-state index in [1.165, 1.54) is 5.56 Å². The molecule has 2 aromatic heterocycles. The molecule has 0 bridgehead atoms. The van der Waals surface area contributed by atoms with Crippen LogP contribution in [0.4, 0.5) is 17.5 Å². The van der Waals surface area contributed by atoms with Gasteiger partial charge in [0, 0.05) is 51.3 Å². The van der Waals surface area contributed by atoms with Gasteiger partial charge in [-0.25, -0.2) is 9.97 Å². The number of aromatic nitrogens is 4. The number of rotatable bonds is 4. The Hall–Kier alpha value is -2.48. The van der Waals surface area contributed by atoms with E-state index >= 15 is 0 Å². The first-order valence-corrected chi connectivity index (χ1v) is 9.13. The molecule has 26 heavy (non-hydrogen) atoms. The third-order valence-electron chi connectivity index (χ3n) is 4.97. The third-order valence-corrected chi connectivity index (χ3v) is 4.97. The molecule has 8 heteroatoms. The van der Waals surface area contributed by atoms with E-state index in [4.69, 9.17) is 4.74 Å². The fourth-order valence-corrected chi connectivity index (χ4v) is 3.42. The van der Waals surface area contributed by atoms with Gasteiger partial charge in [-0.15, -0.1) is 5.10 Å². The summed E-state index contributed by atoms with van der Waals surface area (Å²) in [6.45, 7) is 3.31. The largest absolute Gasteiger partial charge is 0.376 e. The van der Waals surface area contributed by atoms with Crippen LogP contribution < -0.4 is 15.1 Å². The van der Waals surface area contributed by atoms with Gasteiger partial charge in [0.15, 0.2) is 5.82 Å². The van der Waals surface area contributed by atoms with E-state index in [9.17, 15) is 0 Å². The van der Waals surface area contributed by atoms with Crippen LogP contribution in [0.15, 0.2) is 18.5 Å². The molecule has 1 saturated heterocycles. The third kappa shape index (κ3) is 3.70. The molecular weight excluding hydrogens is 330 g/mol. The highest BCUT2D eigenvalue weighted by molar-refractivity contribution is 5.48. The number of anilines is 3. The Morgan fingerprint density at radius 1 is 1.15 bits per heavy atom. The van der Waals surface area contributed by atoms with Crippen LogP contribution in [-0.2, 0) is 17.8 Å². The van der Waals surface area contributed by atoms with E-state index in [0.29, 0.717) is 12.6 Å². The van der Waals surface area contributed by atoms with Gasteiger partial charge in [-0.1, -0.05) is 0 Å². The maximum Gasteiger partial charge on any atom is 0.151 e.